The van der Waals surface area contributed by atoms with Crippen LogP contribution in [-0.4, -0.2) is 32.8 Å². The molecule has 2 heterocycles. The maximum atomic E-state index is 15.0. The zero-order chi connectivity index (χ0) is 26.0. The Balaban J connectivity index is 1.50. The Bertz CT molecular complexity index is 1470. The zero-order valence-corrected chi connectivity index (χ0v) is 21.1. The molecular formula is C24H23FN4O5S2. The number of thiophene rings is 1. The van der Waals surface area contributed by atoms with Gasteiger partial charge in [0.1, 0.15) is 10.0 Å². The third-order valence-corrected chi connectivity index (χ3v) is 8.19. The van der Waals surface area contributed by atoms with E-state index in [2.05, 4.69) is 10.6 Å². The van der Waals surface area contributed by atoms with E-state index in [1.54, 1.807) is 31.2 Å². The van der Waals surface area contributed by atoms with E-state index < -0.39 is 33.7 Å². The Hall–Kier alpha value is -3.77. The zero-order valence-electron chi connectivity index (χ0n) is 19.4. The molecule has 3 N–H and O–H groups in total. The number of sulfonamides is 1. The first-order valence-corrected chi connectivity index (χ1v) is 13.3. The van der Waals surface area contributed by atoms with E-state index in [-0.39, 0.29) is 22.0 Å². The number of hydrogen-bond acceptors (Lipinski definition) is 7. The Kier molecular flexibility index (Phi) is 7.09. The molecule has 1 aromatic heterocycles. The number of amides is 4. The summed E-state index contributed by atoms with van der Waals surface area (Å²) in [6.45, 7) is 4.49. The number of benzene rings is 2. The maximum Gasteiger partial charge on any atom is 0.333 e. The van der Waals surface area contributed by atoms with E-state index >= 15 is 0 Å². The largest absolute Gasteiger partial charge is 0.385 e. The molecule has 4 rings (SSSR count). The van der Waals surface area contributed by atoms with Crippen LogP contribution in [0.2, 0.25) is 0 Å². The lowest BCUT2D eigenvalue weighted by Gasteiger charge is -2.27. The van der Waals surface area contributed by atoms with Gasteiger partial charge in [0, 0.05) is 28.4 Å². The molecule has 1 aliphatic heterocycles. The summed E-state index contributed by atoms with van der Waals surface area (Å²) in [6, 6.07) is 10.3. The van der Waals surface area contributed by atoms with E-state index in [1.807, 2.05) is 11.6 Å². The third kappa shape index (κ3) is 5.24. The second-order valence-corrected chi connectivity index (χ2v) is 11.3. The molecule has 0 radical (unpaired) electrons. The van der Waals surface area contributed by atoms with Crippen molar-refractivity contribution < 1.29 is 27.2 Å². The van der Waals surface area contributed by atoms with Crippen LogP contribution in [-0.2, 0) is 21.2 Å². The highest BCUT2D eigenvalue weighted by atomic mass is 32.2. The van der Waals surface area contributed by atoms with E-state index in [0.29, 0.717) is 11.1 Å². The summed E-state index contributed by atoms with van der Waals surface area (Å²) in [5, 5.41) is 5.45. The van der Waals surface area contributed by atoms with Crippen molar-refractivity contribution in [2.75, 3.05) is 22.1 Å². The number of nitrogens with one attached hydrogen (secondary N) is 3. The Morgan fingerprint density at radius 2 is 1.83 bits per heavy atom. The van der Waals surface area contributed by atoms with E-state index in [9.17, 15) is 27.2 Å². The van der Waals surface area contributed by atoms with Gasteiger partial charge in [-0.25, -0.2) is 27.2 Å². The molecule has 36 heavy (non-hydrogen) atoms. The number of imide groups is 1. The minimum atomic E-state index is -4.08. The molecule has 2 aromatic carbocycles. The van der Waals surface area contributed by atoms with Crippen molar-refractivity contribution in [3.8, 4) is 0 Å². The number of fused-ring (bicyclic) bond motifs is 1. The topological polar surface area (TPSA) is 125 Å². The van der Waals surface area contributed by atoms with Gasteiger partial charge in [0.15, 0.2) is 0 Å². The lowest BCUT2D eigenvalue weighted by atomic mass is 9.97. The van der Waals surface area contributed by atoms with E-state index in [1.165, 1.54) is 18.2 Å². The van der Waals surface area contributed by atoms with Crippen LogP contribution in [0.25, 0.3) is 0 Å². The van der Waals surface area contributed by atoms with Gasteiger partial charge in [-0.2, -0.15) is 0 Å². The van der Waals surface area contributed by atoms with Gasteiger partial charge in [-0.3, -0.25) is 9.59 Å². The molecule has 0 saturated carbocycles. The van der Waals surface area contributed by atoms with Crippen molar-refractivity contribution in [3.05, 3.63) is 70.4 Å². The first kappa shape index (κ1) is 25.3. The van der Waals surface area contributed by atoms with Gasteiger partial charge in [0.05, 0.1) is 12.1 Å². The van der Waals surface area contributed by atoms with Crippen LogP contribution < -0.4 is 20.3 Å². The van der Waals surface area contributed by atoms with Crippen LogP contribution in [0.15, 0.2) is 52.7 Å². The van der Waals surface area contributed by atoms with Gasteiger partial charge in [-0.05, 0) is 67.4 Å². The molecule has 0 atom stereocenters. The van der Waals surface area contributed by atoms with Crippen molar-refractivity contribution in [2.24, 2.45) is 0 Å². The molecule has 4 amide bonds. The number of halogens is 1. The lowest BCUT2D eigenvalue weighted by Crippen LogP contribution is -2.43. The van der Waals surface area contributed by atoms with E-state index in [0.717, 1.165) is 45.8 Å². The minimum absolute atomic E-state index is 0.0349. The molecule has 0 aliphatic carbocycles. The van der Waals surface area contributed by atoms with Crippen LogP contribution in [0.1, 0.15) is 34.1 Å². The van der Waals surface area contributed by atoms with Crippen molar-refractivity contribution in [1.29, 1.82) is 0 Å². The molecule has 0 spiro atoms. The van der Waals surface area contributed by atoms with Crippen molar-refractivity contribution in [2.45, 2.75) is 30.9 Å². The molecule has 0 fully saturated rings. The Labute approximate surface area is 211 Å². The highest BCUT2D eigenvalue weighted by Gasteiger charge is 2.34. The van der Waals surface area contributed by atoms with Gasteiger partial charge in [-0.1, -0.05) is 6.92 Å². The highest BCUT2D eigenvalue weighted by molar-refractivity contribution is 7.92. The van der Waals surface area contributed by atoms with Crippen LogP contribution in [0.5, 0.6) is 0 Å². The SMILES string of the molecule is CCCNc1ccc2c(c1)CC(=O)N(c1ccc(NC(=O)NS(=O)(=O)c3ccc(C)s3)cc1F)C2=O. The lowest BCUT2D eigenvalue weighted by molar-refractivity contribution is -0.117. The number of carbonyl (C=O) groups excluding carboxylic acids is 3. The molecule has 12 heteroatoms. The summed E-state index contributed by atoms with van der Waals surface area (Å²) >= 11 is 0.999. The monoisotopic (exact) mass is 530 g/mol. The van der Waals surface area contributed by atoms with Crippen molar-refractivity contribution in [3.63, 3.8) is 0 Å². The van der Waals surface area contributed by atoms with Gasteiger partial charge >= 0.3 is 6.03 Å². The quantitative estimate of drug-likeness (QED) is 0.392. The molecule has 9 nitrogen and oxygen atoms in total. The average Bonchev–Trinajstić information content (AvgIpc) is 3.26. The summed E-state index contributed by atoms with van der Waals surface area (Å²) in [4.78, 5) is 39.5. The normalized spacial score (nSPS) is 13.4. The van der Waals surface area contributed by atoms with Gasteiger partial charge < -0.3 is 10.6 Å². The molecule has 1 aliphatic rings. The molecule has 3 aromatic rings. The Morgan fingerprint density at radius 3 is 2.50 bits per heavy atom. The molecule has 0 unspecified atom stereocenters. The summed E-state index contributed by atoms with van der Waals surface area (Å²) in [5.74, 6) is -2.18. The van der Waals surface area contributed by atoms with Crippen LogP contribution >= 0.6 is 11.3 Å². The van der Waals surface area contributed by atoms with Gasteiger partial charge in [0.2, 0.25) is 5.91 Å². The van der Waals surface area contributed by atoms with E-state index in [4.69, 9.17) is 0 Å². The average molecular weight is 531 g/mol. The number of carbonyl (C=O) groups is 3. The highest BCUT2D eigenvalue weighted by Crippen LogP contribution is 2.30. The number of aryl methyl sites for hydroxylation is 1. The number of rotatable bonds is 7. The number of anilines is 3. The van der Waals surface area contributed by atoms with Crippen LogP contribution in [0.3, 0.4) is 0 Å². The Morgan fingerprint density at radius 1 is 1.08 bits per heavy atom. The number of hydrogen-bond donors (Lipinski definition) is 3. The first-order valence-electron chi connectivity index (χ1n) is 11.0. The maximum absolute atomic E-state index is 15.0. The van der Waals surface area contributed by atoms with Crippen LogP contribution in [0, 0.1) is 12.7 Å². The molecule has 188 valence electrons. The first-order chi connectivity index (χ1) is 17.1. The predicted octanol–water partition coefficient (Wildman–Crippen LogP) is 4.26. The van der Waals surface area contributed by atoms with Gasteiger partial charge in [0.25, 0.3) is 15.9 Å². The second kappa shape index (κ2) is 10.1. The number of nitrogens with zero attached hydrogens (tertiary/aromatic N) is 1. The van der Waals surface area contributed by atoms with Crippen molar-refractivity contribution in [1.82, 2.24) is 4.72 Å². The summed E-state index contributed by atoms with van der Waals surface area (Å²) < 4.78 is 41.4. The summed E-state index contributed by atoms with van der Waals surface area (Å²) in [7, 11) is -4.08. The molecular weight excluding hydrogens is 507 g/mol. The van der Waals surface area contributed by atoms with Gasteiger partial charge in [-0.15, -0.1) is 11.3 Å². The fourth-order valence-corrected chi connectivity index (χ4v) is 5.89. The fraction of sp³-hybridized carbons (Fsp3) is 0.208. The molecule has 0 bridgehead atoms. The van der Waals surface area contributed by atoms with Crippen molar-refractivity contribution >= 4 is 56.3 Å². The number of urea groups is 1. The summed E-state index contributed by atoms with van der Waals surface area (Å²) in [6.07, 6.45) is 0.837. The second-order valence-electron chi connectivity index (χ2n) is 8.10. The van der Waals surface area contributed by atoms with Crippen LogP contribution in [0.4, 0.5) is 26.2 Å². The fourth-order valence-electron chi connectivity index (χ4n) is 3.70. The summed E-state index contributed by atoms with van der Waals surface area (Å²) in [5.41, 5.74) is 1.32. The smallest absolute Gasteiger partial charge is 0.333 e. The molecule has 0 saturated heterocycles. The standard InChI is InChI=1S/C24H23FN4O5S2/c1-3-10-26-16-5-7-18-15(11-16)12-21(30)29(23(18)31)20-8-6-17(13-19(20)25)27-24(32)28-36(33,34)22-9-4-14(2)35-22/h4-9,11,13,26H,3,10,12H2,1-2H3,(H2,27,28,32). The minimum Gasteiger partial charge on any atom is -0.385 e. The predicted molar refractivity (Wildman–Crippen MR) is 136 cm³/mol. The third-order valence-electron chi connectivity index (χ3n) is 5.36.